The van der Waals surface area contributed by atoms with Crippen molar-refractivity contribution in [2.45, 2.75) is 38.6 Å². The first-order valence-electron chi connectivity index (χ1n) is 5.92. The monoisotopic (exact) mass is 277 g/mol. The summed E-state index contributed by atoms with van der Waals surface area (Å²) in [4.78, 5) is 22.1. The number of carbonyl (C=O) groups excluding carboxylic acids is 2. The van der Waals surface area contributed by atoms with Crippen LogP contribution in [0.2, 0.25) is 0 Å². The first-order chi connectivity index (χ1) is 8.36. The molecule has 0 N–H and O–H groups in total. The second-order valence-corrected chi connectivity index (χ2v) is 6.50. The predicted molar refractivity (Wildman–Crippen MR) is 65.4 cm³/mol. The number of methoxy groups -OCH3 is 1. The SMILES string of the molecule is COC(=O)CCS(=O)(=O)N1CCCC1CC(C)=O. The molecule has 1 aliphatic rings. The summed E-state index contributed by atoms with van der Waals surface area (Å²) in [5.41, 5.74) is 0. The van der Waals surface area contributed by atoms with Gasteiger partial charge in [-0.2, -0.15) is 4.31 Å². The Morgan fingerprint density at radius 3 is 2.61 bits per heavy atom. The Morgan fingerprint density at radius 2 is 2.06 bits per heavy atom. The Labute approximate surface area is 107 Å². The van der Waals surface area contributed by atoms with Gasteiger partial charge in [-0.1, -0.05) is 0 Å². The van der Waals surface area contributed by atoms with Crippen molar-refractivity contribution in [3.8, 4) is 0 Å². The van der Waals surface area contributed by atoms with Gasteiger partial charge in [0, 0.05) is 19.0 Å². The smallest absolute Gasteiger partial charge is 0.306 e. The number of ketones is 1. The summed E-state index contributed by atoms with van der Waals surface area (Å²) >= 11 is 0. The fourth-order valence-electron chi connectivity index (χ4n) is 2.14. The number of Topliss-reactive ketones (excluding diaryl/α,β-unsaturated/α-hetero) is 1. The van der Waals surface area contributed by atoms with E-state index in [1.807, 2.05) is 0 Å². The van der Waals surface area contributed by atoms with Crippen molar-refractivity contribution in [1.82, 2.24) is 4.31 Å². The second kappa shape index (κ2) is 6.29. The lowest BCUT2D eigenvalue weighted by molar-refractivity contribution is -0.140. The molecular weight excluding hydrogens is 258 g/mol. The summed E-state index contributed by atoms with van der Waals surface area (Å²) in [6.45, 7) is 1.89. The first kappa shape index (κ1) is 15.1. The lowest BCUT2D eigenvalue weighted by atomic mass is 10.1. The summed E-state index contributed by atoms with van der Waals surface area (Å²) in [5, 5.41) is 0. The average molecular weight is 277 g/mol. The number of esters is 1. The van der Waals surface area contributed by atoms with Gasteiger partial charge in [0.05, 0.1) is 19.3 Å². The maximum atomic E-state index is 12.1. The van der Waals surface area contributed by atoms with E-state index in [9.17, 15) is 18.0 Å². The van der Waals surface area contributed by atoms with Gasteiger partial charge < -0.3 is 4.74 Å². The molecule has 1 aliphatic heterocycles. The molecular formula is C11H19NO5S. The number of ether oxygens (including phenoxy) is 1. The summed E-state index contributed by atoms with van der Waals surface area (Å²) < 4.78 is 29.9. The molecule has 0 aromatic heterocycles. The summed E-state index contributed by atoms with van der Waals surface area (Å²) in [5.74, 6) is -0.815. The Balaban J connectivity index is 2.65. The van der Waals surface area contributed by atoms with Gasteiger partial charge in [0.1, 0.15) is 5.78 Å². The lowest BCUT2D eigenvalue weighted by Gasteiger charge is -2.23. The Hall–Kier alpha value is -0.950. The predicted octanol–water partition coefficient (Wildman–Crippen LogP) is 0.323. The van der Waals surface area contributed by atoms with Crippen molar-refractivity contribution in [1.29, 1.82) is 0 Å². The molecule has 1 rings (SSSR count). The second-order valence-electron chi connectivity index (χ2n) is 4.46. The number of nitrogens with zero attached hydrogens (tertiary/aromatic N) is 1. The van der Waals surface area contributed by atoms with E-state index in [4.69, 9.17) is 0 Å². The van der Waals surface area contributed by atoms with Crippen molar-refractivity contribution in [2.75, 3.05) is 19.4 Å². The van der Waals surface area contributed by atoms with E-state index in [1.165, 1.54) is 18.3 Å². The van der Waals surface area contributed by atoms with Crippen molar-refractivity contribution >= 4 is 21.8 Å². The highest BCUT2D eigenvalue weighted by Gasteiger charge is 2.34. The third-order valence-corrected chi connectivity index (χ3v) is 4.91. The van der Waals surface area contributed by atoms with E-state index in [-0.39, 0.29) is 30.4 Å². The molecule has 0 aromatic rings. The van der Waals surface area contributed by atoms with Crippen LogP contribution in [-0.2, 0) is 24.3 Å². The molecule has 0 saturated carbocycles. The van der Waals surface area contributed by atoms with Crippen LogP contribution in [0.1, 0.15) is 32.6 Å². The zero-order chi connectivity index (χ0) is 13.8. The molecule has 0 spiro atoms. The van der Waals surface area contributed by atoms with Crippen LogP contribution in [0.5, 0.6) is 0 Å². The van der Waals surface area contributed by atoms with Crippen LogP contribution in [-0.4, -0.2) is 49.9 Å². The molecule has 0 radical (unpaired) electrons. The minimum atomic E-state index is -3.48. The van der Waals surface area contributed by atoms with E-state index in [1.54, 1.807) is 0 Å². The number of carbonyl (C=O) groups is 2. The molecule has 7 heteroatoms. The molecule has 0 amide bonds. The van der Waals surface area contributed by atoms with Crippen LogP contribution in [0, 0.1) is 0 Å². The molecule has 0 bridgehead atoms. The topological polar surface area (TPSA) is 80.8 Å². The highest BCUT2D eigenvalue weighted by atomic mass is 32.2. The van der Waals surface area contributed by atoms with E-state index < -0.39 is 16.0 Å². The van der Waals surface area contributed by atoms with Crippen molar-refractivity contribution in [3.63, 3.8) is 0 Å². The maximum absolute atomic E-state index is 12.1. The number of sulfonamides is 1. The van der Waals surface area contributed by atoms with Gasteiger partial charge >= 0.3 is 5.97 Å². The van der Waals surface area contributed by atoms with Crippen LogP contribution in [0.3, 0.4) is 0 Å². The van der Waals surface area contributed by atoms with Crippen LogP contribution < -0.4 is 0 Å². The van der Waals surface area contributed by atoms with Gasteiger partial charge in [-0.3, -0.25) is 9.59 Å². The third kappa shape index (κ3) is 4.06. The standard InChI is InChI=1S/C11H19NO5S/c1-9(13)8-10-4-3-6-12(10)18(15,16)7-5-11(14)17-2/h10H,3-8H2,1-2H3. The van der Waals surface area contributed by atoms with Gasteiger partial charge in [-0.05, 0) is 19.8 Å². The van der Waals surface area contributed by atoms with Crippen LogP contribution in [0.4, 0.5) is 0 Å². The zero-order valence-corrected chi connectivity index (χ0v) is 11.5. The van der Waals surface area contributed by atoms with E-state index >= 15 is 0 Å². The van der Waals surface area contributed by atoms with E-state index in [0.29, 0.717) is 13.0 Å². The quantitative estimate of drug-likeness (QED) is 0.653. The molecule has 1 atom stereocenters. The number of hydrogen-bond donors (Lipinski definition) is 0. The molecule has 18 heavy (non-hydrogen) atoms. The van der Waals surface area contributed by atoms with Crippen molar-refractivity contribution in [3.05, 3.63) is 0 Å². The van der Waals surface area contributed by atoms with Gasteiger partial charge in [-0.25, -0.2) is 8.42 Å². The molecule has 0 aromatic carbocycles. The van der Waals surface area contributed by atoms with E-state index in [0.717, 1.165) is 6.42 Å². The fraction of sp³-hybridized carbons (Fsp3) is 0.818. The molecule has 1 heterocycles. The molecule has 0 aliphatic carbocycles. The maximum Gasteiger partial charge on any atom is 0.306 e. The Bertz CT molecular complexity index is 417. The average Bonchev–Trinajstić information content (AvgIpc) is 2.74. The van der Waals surface area contributed by atoms with E-state index in [2.05, 4.69) is 4.74 Å². The minimum Gasteiger partial charge on any atom is -0.469 e. The third-order valence-electron chi connectivity index (χ3n) is 3.00. The van der Waals surface area contributed by atoms with Gasteiger partial charge in [0.15, 0.2) is 0 Å². The number of hydrogen-bond acceptors (Lipinski definition) is 5. The molecule has 1 saturated heterocycles. The van der Waals surface area contributed by atoms with Gasteiger partial charge in [0.2, 0.25) is 10.0 Å². The first-order valence-corrected chi connectivity index (χ1v) is 7.53. The summed E-state index contributed by atoms with van der Waals surface area (Å²) in [6, 6.07) is -0.245. The van der Waals surface area contributed by atoms with Gasteiger partial charge in [-0.15, -0.1) is 0 Å². The highest BCUT2D eigenvalue weighted by Crippen LogP contribution is 2.24. The van der Waals surface area contributed by atoms with Gasteiger partial charge in [0.25, 0.3) is 0 Å². The lowest BCUT2D eigenvalue weighted by Crippen LogP contribution is -2.38. The normalized spacial score (nSPS) is 20.9. The fourth-order valence-corrected chi connectivity index (χ4v) is 3.84. The van der Waals surface area contributed by atoms with Crippen LogP contribution in [0.15, 0.2) is 0 Å². The largest absolute Gasteiger partial charge is 0.469 e. The highest BCUT2D eigenvalue weighted by molar-refractivity contribution is 7.89. The minimum absolute atomic E-state index is 0.0185. The zero-order valence-electron chi connectivity index (χ0n) is 10.7. The molecule has 104 valence electrons. The molecule has 1 unspecified atom stereocenters. The van der Waals surface area contributed by atoms with Crippen molar-refractivity contribution < 1.29 is 22.7 Å². The molecule has 1 fully saturated rings. The van der Waals surface area contributed by atoms with Crippen LogP contribution >= 0.6 is 0 Å². The van der Waals surface area contributed by atoms with Crippen molar-refractivity contribution in [2.24, 2.45) is 0 Å². The van der Waals surface area contributed by atoms with Crippen LogP contribution in [0.25, 0.3) is 0 Å². The Morgan fingerprint density at radius 1 is 1.39 bits per heavy atom. The summed E-state index contributed by atoms with van der Waals surface area (Å²) in [7, 11) is -2.25. The summed E-state index contributed by atoms with van der Waals surface area (Å²) in [6.07, 6.45) is 1.56. The Kier molecular flexibility index (Phi) is 5.28. The number of rotatable bonds is 6. The molecule has 6 nitrogen and oxygen atoms in total.